The second-order valence-corrected chi connectivity index (χ2v) is 4.78. The van der Waals surface area contributed by atoms with Crippen LogP contribution < -0.4 is 0 Å². The molecule has 0 aliphatic carbocycles. The fourth-order valence-electron chi connectivity index (χ4n) is 2.05. The lowest BCUT2D eigenvalue weighted by Crippen LogP contribution is -2.09. The Morgan fingerprint density at radius 3 is 2.11 bits per heavy atom. The first-order chi connectivity index (χ1) is 8.99. The number of carbonyl (C=O) groups is 2. The molecule has 0 atom stereocenters. The molecule has 2 aromatic carbocycles. The third kappa shape index (κ3) is 2.79. The van der Waals surface area contributed by atoms with Crippen LogP contribution in [-0.2, 0) is 4.79 Å². The van der Waals surface area contributed by atoms with Gasteiger partial charge in [0.15, 0.2) is 5.78 Å². The zero-order valence-corrected chi connectivity index (χ0v) is 11.4. The molecular weight excluding hydrogens is 236 g/mol. The van der Waals surface area contributed by atoms with Gasteiger partial charge >= 0.3 is 0 Å². The molecule has 0 unspecified atom stereocenters. The molecule has 0 spiro atoms. The highest BCUT2D eigenvalue weighted by atomic mass is 16.2. The van der Waals surface area contributed by atoms with Crippen LogP contribution >= 0.6 is 0 Å². The van der Waals surface area contributed by atoms with E-state index >= 15 is 0 Å². The molecule has 2 heteroatoms. The van der Waals surface area contributed by atoms with Crippen LogP contribution in [0.2, 0.25) is 0 Å². The molecule has 0 aromatic heterocycles. The summed E-state index contributed by atoms with van der Waals surface area (Å²) in [5.41, 5.74) is 5.05. The Kier molecular flexibility index (Phi) is 3.61. The van der Waals surface area contributed by atoms with Crippen molar-refractivity contribution in [1.29, 1.82) is 0 Å². The van der Waals surface area contributed by atoms with Crippen LogP contribution in [0.1, 0.15) is 28.4 Å². The molecular formula is C17H16O2. The van der Waals surface area contributed by atoms with E-state index in [0.717, 1.165) is 11.1 Å². The summed E-state index contributed by atoms with van der Waals surface area (Å²) in [5, 5.41) is 0. The minimum Gasteiger partial charge on any atom is -0.291 e. The number of hydrogen-bond donors (Lipinski definition) is 0. The van der Waals surface area contributed by atoms with Crippen LogP contribution in [0.15, 0.2) is 42.5 Å². The first-order valence-corrected chi connectivity index (χ1v) is 6.22. The molecule has 0 N–H and O–H groups in total. The molecule has 0 amide bonds. The van der Waals surface area contributed by atoms with Crippen molar-refractivity contribution in [2.75, 3.05) is 0 Å². The third-order valence-corrected chi connectivity index (χ3v) is 3.17. The van der Waals surface area contributed by atoms with Gasteiger partial charge in [-0.3, -0.25) is 9.59 Å². The topological polar surface area (TPSA) is 34.1 Å². The summed E-state index contributed by atoms with van der Waals surface area (Å²) in [6, 6.07) is 13.5. The van der Waals surface area contributed by atoms with Crippen molar-refractivity contribution in [1.82, 2.24) is 0 Å². The monoisotopic (exact) mass is 252 g/mol. The lowest BCUT2D eigenvalue weighted by molar-refractivity contribution is -0.113. The van der Waals surface area contributed by atoms with Crippen LogP contribution in [0.25, 0.3) is 11.1 Å². The summed E-state index contributed by atoms with van der Waals surface area (Å²) in [5.74, 6) is -0.869. The van der Waals surface area contributed by atoms with Crippen molar-refractivity contribution in [3.05, 3.63) is 59.2 Å². The maximum atomic E-state index is 11.6. The summed E-state index contributed by atoms with van der Waals surface area (Å²) >= 11 is 0. The van der Waals surface area contributed by atoms with E-state index in [-0.39, 0.29) is 0 Å². The minimum atomic E-state index is -0.437. The van der Waals surface area contributed by atoms with Crippen molar-refractivity contribution in [2.45, 2.75) is 20.8 Å². The number of benzene rings is 2. The summed E-state index contributed by atoms with van der Waals surface area (Å²) in [6.45, 7) is 5.40. The van der Waals surface area contributed by atoms with Crippen molar-refractivity contribution in [3.63, 3.8) is 0 Å². The predicted molar refractivity (Wildman–Crippen MR) is 76.4 cm³/mol. The van der Waals surface area contributed by atoms with Gasteiger partial charge in [-0.15, -0.1) is 0 Å². The predicted octanol–water partition coefficient (Wildman–Crippen LogP) is 3.74. The average molecular weight is 252 g/mol. The van der Waals surface area contributed by atoms with Gasteiger partial charge in [-0.25, -0.2) is 0 Å². The van der Waals surface area contributed by atoms with Crippen LogP contribution in [0.5, 0.6) is 0 Å². The molecule has 0 bridgehead atoms. The van der Waals surface area contributed by atoms with Crippen LogP contribution in [0.3, 0.4) is 0 Å². The van der Waals surface area contributed by atoms with E-state index in [1.54, 1.807) is 12.1 Å². The number of aryl methyl sites for hydroxylation is 2. The SMILES string of the molecule is CC(=O)C(=O)c1ccc(-c2cc(C)ccc2C)cc1. The highest BCUT2D eigenvalue weighted by Gasteiger charge is 2.11. The van der Waals surface area contributed by atoms with Crippen molar-refractivity contribution in [2.24, 2.45) is 0 Å². The van der Waals surface area contributed by atoms with E-state index in [4.69, 9.17) is 0 Å². The van der Waals surface area contributed by atoms with E-state index < -0.39 is 11.6 Å². The second-order valence-electron chi connectivity index (χ2n) is 4.78. The molecule has 0 aliphatic rings. The summed E-state index contributed by atoms with van der Waals surface area (Å²) in [6.07, 6.45) is 0. The third-order valence-electron chi connectivity index (χ3n) is 3.17. The number of carbonyl (C=O) groups excluding carboxylic acids is 2. The van der Waals surface area contributed by atoms with Gasteiger partial charge < -0.3 is 0 Å². The molecule has 0 radical (unpaired) electrons. The Hall–Kier alpha value is -2.22. The van der Waals surface area contributed by atoms with Gasteiger partial charge in [-0.2, -0.15) is 0 Å². The fraction of sp³-hybridized carbons (Fsp3) is 0.176. The number of hydrogen-bond acceptors (Lipinski definition) is 2. The second kappa shape index (κ2) is 5.19. The van der Waals surface area contributed by atoms with E-state index in [9.17, 15) is 9.59 Å². The average Bonchev–Trinajstić information content (AvgIpc) is 2.41. The molecule has 0 aliphatic heterocycles. The number of rotatable bonds is 3. The number of ketones is 2. The van der Waals surface area contributed by atoms with Gasteiger partial charge in [-0.05, 0) is 30.5 Å². The molecule has 2 rings (SSSR count). The maximum Gasteiger partial charge on any atom is 0.228 e. The fourth-order valence-corrected chi connectivity index (χ4v) is 2.05. The van der Waals surface area contributed by atoms with Crippen LogP contribution in [0, 0.1) is 13.8 Å². The van der Waals surface area contributed by atoms with Crippen molar-refractivity contribution < 1.29 is 9.59 Å². The first kappa shape index (κ1) is 13.2. The molecule has 2 aromatic rings. The van der Waals surface area contributed by atoms with E-state index in [0.29, 0.717) is 5.56 Å². The molecule has 0 fully saturated rings. The molecule has 0 saturated carbocycles. The summed E-state index contributed by atoms with van der Waals surface area (Å²) in [4.78, 5) is 22.6. The van der Waals surface area contributed by atoms with Crippen molar-refractivity contribution >= 4 is 11.6 Å². The van der Waals surface area contributed by atoms with Crippen molar-refractivity contribution in [3.8, 4) is 11.1 Å². The van der Waals surface area contributed by atoms with Gasteiger partial charge in [-0.1, -0.05) is 48.0 Å². The Morgan fingerprint density at radius 2 is 1.53 bits per heavy atom. The summed E-state index contributed by atoms with van der Waals surface area (Å²) < 4.78 is 0. The van der Waals surface area contributed by atoms with Gasteiger partial charge in [0.25, 0.3) is 0 Å². The molecule has 2 nitrogen and oxygen atoms in total. The van der Waals surface area contributed by atoms with Crippen LogP contribution in [0.4, 0.5) is 0 Å². The quantitative estimate of drug-likeness (QED) is 0.616. The van der Waals surface area contributed by atoms with E-state index in [1.807, 2.05) is 12.1 Å². The van der Waals surface area contributed by atoms with Gasteiger partial charge in [0, 0.05) is 12.5 Å². The molecule has 96 valence electrons. The van der Waals surface area contributed by atoms with Gasteiger partial charge in [0.1, 0.15) is 0 Å². The highest BCUT2D eigenvalue weighted by molar-refractivity contribution is 6.42. The van der Waals surface area contributed by atoms with Gasteiger partial charge in [0.2, 0.25) is 5.78 Å². The number of Topliss-reactive ketones (excluding diaryl/α,β-unsaturated/α-hetero) is 2. The molecule has 19 heavy (non-hydrogen) atoms. The normalized spacial score (nSPS) is 10.3. The zero-order valence-electron chi connectivity index (χ0n) is 11.4. The Morgan fingerprint density at radius 1 is 0.895 bits per heavy atom. The molecule has 0 saturated heterocycles. The lowest BCUT2D eigenvalue weighted by Gasteiger charge is -2.08. The smallest absolute Gasteiger partial charge is 0.228 e. The van der Waals surface area contributed by atoms with E-state index in [2.05, 4.69) is 32.0 Å². The maximum absolute atomic E-state index is 11.6. The van der Waals surface area contributed by atoms with Gasteiger partial charge in [0.05, 0.1) is 0 Å². The van der Waals surface area contributed by atoms with Crippen LogP contribution in [-0.4, -0.2) is 11.6 Å². The zero-order chi connectivity index (χ0) is 14.0. The molecule has 0 heterocycles. The Bertz CT molecular complexity index is 637. The minimum absolute atomic E-state index is 0.431. The largest absolute Gasteiger partial charge is 0.291 e. The first-order valence-electron chi connectivity index (χ1n) is 6.22. The Balaban J connectivity index is 2.40. The van der Waals surface area contributed by atoms with E-state index in [1.165, 1.54) is 18.1 Å². The lowest BCUT2D eigenvalue weighted by atomic mass is 9.97. The highest BCUT2D eigenvalue weighted by Crippen LogP contribution is 2.24. The Labute approximate surface area is 113 Å². The summed E-state index contributed by atoms with van der Waals surface area (Å²) in [7, 11) is 0. The standard InChI is InChI=1S/C17H16O2/c1-11-4-5-12(2)16(10-11)14-6-8-15(9-7-14)17(19)13(3)18/h4-10H,1-3H3.